The van der Waals surface area contributed by atoms with E-state index in [1.54, 1.807) is 16.4 Å². The normalized spacial score (nSPS) is 20.4. The van der Waals surface area contributed by atoms with Gasteiger partial charge in [-0.2, -0.15) is 4.31 Å². The topological polar surface area (TPSA) is 49.4 Å². The van der Waals surface area contributed by atoms with E-state index in [-0.39, 0.29) is 0 Å². The molecule has 0 saturated carbocycles. The molecule has 1 aromatic carbocycles. The Bertz CT molecular complexity index is 543. The van der Waals surface area contributed by atoms with Gasteiger partial charge in [0.05, 0.1) is 4.90 Å². The van der Waals surface area contributed by atoms with Gasteiger partial charge in [-0.25, -0.2) is 8.42 Å². The first-order chi connectivity index (χ1) is 9.59. The molecule has 1 N–H and O–H groups in total. The van der Waals surface area contributed by atoms with Crippen LogP contribution in [0.4, 0.5) is 0 Å². The van der Waals surface area contributed by atoms with Crippen LogP contribution in [0.2, 0.25) is 0 Å². The Morgan fingerprint density at radius 3 is 2.80 bits per heavy atom. The summed E-state index contributed by atoms with van der Waals surface area (Å²) in [6, 6.07) is 7.28. The largest absolute Gasteiger partial charge is 0.316 e. The fourth-order valence-corrected chi connectivity index (χ4v) is 4.64. The molecule has 0 amide bonds. The van der Waals surface area contributed by atoms with Crippen LogP contribution in [0.5, 0.6) is 0 Å². The van der Waals surface area contributed by atoms with E-state index >= 15 is 0 Å². The minimum atomic E-state index is -3.35. The van der Waals surface area contributed by atoms with Gasteiger partial charge in [0.25, 0.3) is 0 Å². The van der Waals surface area contributed by atoms with Crippen molar-refractivity contribution in [2.75, 3.05) is 20.1 Å². The number of nitrogens with one attached hydrogen (secondary N) is 1. The van der Waals surface area contributed by atoms with Crippen LogP contribution >= 0.6 is 0 Å². The first-order valence-corrected chi connectivity index (χ1v) is 8.76. The number of sulfonamides is 1. The lowest BCUT2D eigenvalue weighted by Crippen LogP contribution is -2.30. The van der Waals surface area contributed by atoms with Crippen molar-refractivity contribution >= 4 is 10.0 Å². The van der Waals surface area contributed by atoms with Crippen molar-refractivity contribution in [2.45, 2.75) is 37.6 Å². The summed E-state index contributed by atoms with van der Waals surface area (Å²) >= 11 is 0. The molecule has 20 heavy (non-hydrogen) atoms. The number of rotatable bonds is 6. The molecule has 1 heterocycles. The minimum Gasteiger partial charge on any atom is -0.316 e. The Morgan fingerprint density at radius 1 is 1.35 bits per heavy atom. The predicted molar refractivity (Wildman–Crippen MR) is 81.0 cm³/mol. The van der Waals surface area contributed by atoms with Crippen molar-refractivity contribution in [1.82, 2.24) is 9.62 Å². The zero-order valence-electron chi connectivity index (χ0n) is 12.3. The molecule has 1 fully saturated rings. The smallest absolute Gasteiger partial charge is 0.243 e. The lowest BCUT2D eigenvalue weighted by Gasteiger charge is -2.19. The highest BCUT2D eigenvalue weighted by Crippen LogP contribution is 2.28. The van der Waals surface area contributed by atoms with E-state index in [0.29, 0.717) is 30.4 Å². The summed E-state index contributed by atoms with van der Waals surface area (Å²) in [6.07, 6.45) is 3.22. The average molecular weight is 296 g/mol. The summed E-state index contributed by atoms with van der Waals surface area (Å²) in [5.74, 6) is 0.520. The molecule has 4 nitrogen and oxygen atoms in total. The quantitative estimate of drug-likeness (QED) is 0.875. The van der Waals surface area contributed by atoms with Gasteiger partial charge in [-0.15, -0.1) is 0 Å². The molecule has 2 rings (SSSR count). The van der Waals surface area contributed by atoms with Crippen LogP contribution in [-0.2, 0) is 16.6 Å². The van der Waals surface area contributed by atoms with Crippen molar-refractivity contribution < 1.29 is 8.42 Å². The van der Waals surface area contributed by atoms with Gasteiger partial charge in [0.1, 0.15) is 0 Å². The summed E-state index contributed by atoms with van der Waals surface area (Å²) in [4.78, 5) is 0.450. The molecule has 0 spiro atoms. The second-order valence-electron chi connectivity index (χ2n) is 5.44. The summed E-state index contributed by atoms with van der Waals surface area (Å²) < 4.78 is 27.2. The molecule has 0 radical (unpaired) electrons. The standard InChI is InChI=1S/C15H24N2O2S/c1-3-6-13-9-10-17(12-13)20(18,19)15-8-5-4-7-14(15)11-16-2/h4-5,7-8,13,16H,3,6,9-12H2,1-2H3. The Hall–Kier alpha value is -0.910. The van der Waals surface area contributed by atoms with Gasteiger partial charge in [0.15, 0.2) is 0 Å². The lowest BCUT2D eigenvalue weighted by atomic mass is 10.0. The Balaban J connectivity index is 2.23. The predicted octanol–water partition coefficient (Wildman–Crippen LogP) is 2.22. The van der Waals surface area contributed by atoms with Crippen LogP contribution in [0.25, 0.3) is 0 Å². The first kappa shape index (κ1) is 15.5. The van der Waals surface area contributed by atoms with Crippen LogP contribution < -0.4 is 5.32 Å². The van der Waals surface area contributed by atoms with Crippen LogP contribution in [0.1, 0.15) is 31.7 Å². The molecule has 0 aromatic heterocycles. The molecule has 1 aromatic rings. The van der Waals surface area contributed by atoms with Crippen molar-refractivity contribution in [2.24, 2.45) is 5.92 Å². The zero-order chi connectivity index (χ0) is 14.6. The average Bonchev–Trinajstić information content (AvgIpc) is 2.89. The van der Waals surface area contributed by atoms with E-state index in [2.05, 4.69) is 12.2 Å². The van der Waals surface area contributed by atoms with Crippen LogP contribution in [0.3, 0.4) is 0 Å². The molecule has 1 aliphatic heterocycles. The fourth-order valence-electron chi connectivity index (χ4n) is 2.89. The molecular weight excluding hydrogens is 272 g/mol. The number of hydrogen-bond acceptors (Lipinski definition) is 3. The van der Waals surface area contributed by atoms with Gasteiger partial charge in [0.2, 0.25) is 10.0 Å². The molecule has 1 saturated heterocycles. The highest BCUT2D eigenvalue weighted by Gasteiger charge is 2.33. The summed E-state index contributed by atoms with van der Waals surface area (Å²) in [6.45, 7) is 4.05. The number of nitrogens with zero attached hydrogens (tertiary/aromatic N) is 1. The third kappa shape index (κ3) is 3.22. The number of hydrogen-bond donors (Lipinski definition) is 1. The van der Waals surface area contributed by atoms with E-state index in [0.717, 1.165) is 24.8 Å². The van der Waals surface area contributed by atoms with E-state index in [1.807, 2.05) is 19.2 Å². The Labute approximate surface area is 122 Å². The molecule has 0 bridgehead atoms. The molecule has 1 unspecified atom stereocenters. The van der Waals surface area contributed by atoms with Crippen LogP contribution in [0, 0.1) is 5.92 Å². The van der Waals surface area contributed by atoms with Crippen LogP contribution in [0.15, 0.2) is 29.2 Å². The summed E-state index contributed by atoms with van der Waals surface area (Å²) in [5.41, 5.74) is 0.842. The van der Waals surface area contributed by atoms with Gasteiger partial charge >= 0.3 is 0 Å². The summed E-state index contributed by atoms with van der Waals surface area (Å²) in [7, 11) is -1.52. The lowest BCUT2D eigenvalue weighted by molar-refractivity contribution is 0.444. The molecule has 1 atom stereocenters. The van der Waals surface area contributed by atoms with E-state index in [4.69, 9.17) is 0 Å². The maximum Gasteiger partial charge on any atom is 0.243 e. The van der Waals surface area contributed by atoms with E-state index < -0.39 is 10.0 Å². The van der Waals surface area contributed by atoms with Crippen molar-refractivity contribution in [3.63, 3.8) is 0 Å². The van der Waals surface area contributed by atoms with Crippen molar-refractivity contribution in [3.8, 4) is 0 Å². The third-order valence-corrected chi connectivity index (χ3v) is 5.87. The first-order valence-electron chi connectivity index (χ1n) is 7.32. The Kier molecular flexibility index (Phi) is 5.18. The second kappa shape index (κ2) is 6.70. The number of benzene rings is 1. The van der Waals surface area contributed by atoms with Gasteiger partial charge in [-0.3, -0.25) is 0 Å². The zero-order valence-corrected chi connectivity index (χ0v) is 13.1. The monoisotopic (exact) mass is 296 g/mol. The van der Waals surface area contributed by atoms with Crippen molar-refractivity contribution in [3.05, 3.63) is 29.8 Å². The van der Waals surface area contributed by atoms with E-state index in [9.17, 15) is 8.42 Å². The van der Waals surface area contributed by atoms with Gasteiger partial charge < -0.3 is 5.32 Å². The second-order valence-corrected chi connectivity index (χ2v) is 7.35. The SMILES string of the molecule is CCCC1CCN(S(=O)(=O)c2ccccc2CNC)C1. The van der Waals surface area contributed by atoms with Gasteiger partial charge in [-0.05, 0) is 37.4 Å². The highest BCUT2D eigenvalue weighted by atomic mass is 32.2. The molecule has 0 aliphatic carbocycles. The third-order valence-electron chi connectivity index (χ3n) is 3.90. The van der Waals surface area contributed by atoms with E-state index in [1.165, 1.54) is 0 Å². The maximum absolute atomic E-state index is 12.8. The molecule has 112 valence electrons. The van der Waals surface area contributed by atoms with Crippen LogP contribution in [-0.4, -0.2) is 32.9 Å². The van der Waals surface area contributed by atoms with Gasteiger partial charge in [-0.1, -0.05) is 31.5 Å². The highest BCUT2D eigenvalue weighted by molar-refractivity contribution is 7.89. The molecule has 5 heteroatoms. The fraction of sp³-hybridized carbons (Fsp3) is 0.600. The maximum atomic E-state index is 12.8. The van der Waals surface area contributed by atoms with Crippen molar-refractivity contribution in [1.29, 1.82) is 0 Å². The Morgan fingerprint density at radius 2 is 2.10 bits per heavy atom. The summed E-state index contributed by atoms with van der Waals surface area (Å²) in [5, 5.41) is 3.03. The minimum absolute atomic E-state index is 0.450. The molecular formula is C15H24N2O2S. The molecule has 1 aliphatic rings. The van der Waals surface area contributed by atoms with Gasteiger partial charge in [0, 0.05) is 19.6 Å².